The van der Waals surface area contributed by atoms with Crippen LogP contribution in [-0.2, 0) is 0 Å². The normalized spacial score (nSPS) is 12.1. The van der Waals surface area contributed by atoms with Gasteiger partial charge in [-0.2, -0.15) is 0 Å². The molecule has 1 atom stereocenters. The molecule has 2 heterocycles. The van der Waals surface area contributed by atoms with Crippen LogP contribution in [0.15, 0.2) is 32.9 Å². The standard InChI is InChI=1S/C13H14N2O3S/c1-3-10(13-14-4-5-19-13)15-12(17)11-7-9(16)6-8(2)18-11/h4-7,10H,3H2,1-2H3,(H,15,17)/t10-/m1/s1. The molecule has 0 aliphatic heterocycles. The van der Waals surface area contributed by atoms with Crippen LogP contribution in [-0.4, -0.2) is 10.9 Å². The Morgan fingerprint density at radius 2 is 2.32 bits per heavy atom. The Kier molecular flexibility index (Phi) is 4.11. The number of hydrogen-bond acceptors (Lipinski definition) is 5. The summed E-state index contributed by atoms with van der Waals surface area (Å²) in [6.45, 7) is 3.59. The lowest BCUT2D eigenvalue weighted by Crippen LogP contribution is -2.28. The highest BCUT2D eigenvalue weighted by Crippen LogP contribution is 2.19. The van der Waals surface area contributed by atoms with Gasteiger partial charge in [-0.25, -0.2) is 4.98 Å². The molecular formula is C13H14N2O3S. The molecule has 2 rings (SSSR count). The molecule has 0 aliphatic rings. The van der Waals surface area contributed by atoms with Crippen molar-refractivity contribution in [1.29, 1.82) is 0 Å². The topological polar surface area (TPSA) is 72.2 Å². The predicted octanol–water partition coefficient (Wildman–Crippen LogP) is 2.29. The van der Waals surface area contributed by atoms with Crippen LogP contribution in [0.1, 0.15) is 40.7 Å². The highest BCUT2D eigenvalue weighted by molar-refractivity contribution is 7.09. The first-order chi connectivity index (χ1) is 9.10. The van der Waals surface area contributed by atoms with E-state index >= 15 is 0 Å². The van der Waals surface area contributed by atoms with E-state index in [0.29, 0.717) is 5.76 Å². The maximum Gasteiger partial charge on any atom is 0.287 e. The Morgan fingerprint density at radius 1 is 1.53 bits per heavy atom. The van der Waals surface area contributed by atoms with E-state index in [0.717, 1.165) is 11.4 Å². The number of thiazole rings is 1. The molecule has 0 saturated heterocycles. The summed E-state index contributed by atoms with van der Waals surface area (Å²) >= 11 is 1.48. The molecule has 5 nitrogen and oxygen atoms in total. The Labute approximate surface area is 114 Å². The molecular weight excluding hydrogens is 264 g/mol. The molecule has 100 valence electrons. The zero-order valence-electron chi connectivity index (χ0n) is 10.7. The van der Waals surface area contributed by atoms with Gasteiger partial charge >= 0.3 is 0 Å². The minimum absolute atomic E-state index is 0.0278. The Hall–Kier alpha value is -1.95. The lowest BCUT2D eigenvalue weighted by atomic mass is 10.2. The van der Waals surface area contributed by atoms with Crippen LogP contribution in [0.5, 0.6) is 0 Å². The van der Waals surface area contributed by atoms with E-state index in [4.69, 9.17) is 4.42 Å². The summed E-state index contributed by atoms with van der Waals surface area (Å²) in [4.78, 5) is 27.6. The molecule has 0 radical (unpaired) electrons. The maximum atomic E-state index is 12.0. The first-order valence-electron chi connectivity index (χ1n) is 5.92. The summed E-state index contributed by atoms with van der Waals surface area (Å²) in [6, 6.07) is 2.37. The predicted molar refractivity (Wildman–Crippen MR) is 72.3 cm³/mol. The fourth-order valence-corrected chi connectivity index (χ4v) is 2.46. The van der Waals surface area contributed by atoms with Gasteiger partial charge in [0.1, 0.15) is 10.8 Å². The van der Waals surface area contributed by atoms with E-state index in [1.165, 1.54) is 23.5 Å². The number of rotatable bonds is 4. The Balaban J connectivity index is 2.18. The van der Waals surface area contributed by atoms with Crippen LogP contribution in [0.25, 0.3) is 0 Å². The number of aromatic nitrogens is 1. The van der Waals surface area contributed by atoms with Crippen LogP contribution < -0.4 is 10.7 Å². The van der Waals surface area contributed by atoms with E-state index in [2.05, 4.69) is 10.3 Å². The molecule has 6 heteroatoms. The van der Waals surface area contributed by atoms with Crippen molar-refractivity contribution in [2.45, 2.75) is 26.3 Å². The summed E-state index contributed by atoms with van der Waals surface area (Å²) < 4.78 is 5.25. The summed E-state index contributed by atoms with van der Waals surface area (Å²) in [5.74, 6) is 0.0443. The zero-order valence-corrected chi connectivity index (χ0v) is 11.5. The number of carbonyl (C=O) groups excluding carboxylic acids is 1. The van der Waals surface area contributed by atoms with Crippen molar-refractivity contribution in [3.8, 4) is 0 Å². The summed E-state index contributed by atoms with van der Waals surface area (Å²) in [5, 5.41) is 5.51. The van der Waals surface area contributed by atoms with Gasteiger partial charge in [0.25, 0.3) is 5.91 Å². The van der Waals surface area contributed by atoms with Crippen LogP contribution in [0.4, 0.5) is 0 Å². The average molecular weight is 278 g/mol. The first kappa shape index (κ1) is 13.5. The second-order valence-electron chi connectivity index (χ2n) is 4.07. The molecule has 1 N–H and O–H groups in total. The monoisotopic (exact) mass is 278 g/mol. The van der Waals surface area contributed by atoms with Crippen molar-refractivity contribution < 1.29 is 9.21 Å². The largest absolute Gasteiger partial charge is 0.456 e. The average Bonchev–Trinajstić information content (AvgIpc) is 2.88. The van der Waals surface area contributed by atoms with Crippen molar-refractivity contribution in [2.75, 3.05) is 0 Å². The minimum Gasteiger partial charge on any atom is -0.456 e. The van der Waals surface area contributed by atoms with Gasteiger partial charge in [0.15, 0.2) is 11.2 Å². The minimum atomic E-state index is -0.400. The molecule has 0 aliphatic carbocycles. The van der Waals surface area contributed by atoms with Crippen LogP contribution in [0.3, 0.4) is 0 Å². The van der Waals surface area contributed by atoms with Crippen molar-refractivity contribution >= 4 is 17.2 Å². The lowest BCUT2D eigenvalue weighted by Gasteiger charge is -2.13. The molecule has 2 aromatic heterocycles. The summed E-state index contributed by atoms with van der Waals surface area (Å²) in [7, 11) is 0. The van der Waals surface area contributed by atoms with Gasteiger partial charge in [-0.05, 0) is 13.3 Å². The summed E-state index contributed by atoms with van der Waals surface area (Å²) in [5.41, 5.74) is -0.240. The smallest absolute Gasteiger partial charge is 0.287 e. The molecule has 0 bridgehead atoms. The number of nitrogens with one attached hydrogen (secondary N) is 1. The molecule has 0 fully saturated rings. The summed E-state index contributed by atoms with van der Waals surface area (Å²) in [6.07, 6.45) is 2.41. The van der Waals surface area contributed by atoms with Crippen molar-refractivity contribution in [1.82, 2.24) is 10.3 Å². The highest BCUT2D eigenvalue weighted by Gasteiger charge is 2.18. The van der Waals surface area contributed by atoms with Crippen LogP contribution >= 0.6 is 11.3 Å². The second-order valence-corrected chi connectivity index (χ2v) is 5.00. The second kappa shape index (κ2) is 5.79. The number of aryl methyl sites for hydroxylation is 1. The molecule has 19 heavy (non-hydrogen) atoms. The van der Waals surface area contributed by atoms with Gasteiger partial charge < -0.3 is 9.73 Å². The number of nitrogens with zero attached hydrogens (tertiary/aromatic N) is 1. The quantitative estimate of drug-likeness (QED) is 0.931. The fourth-order valence-electron chi connectivity index (χ4n) is 1.69. The van der Waals surface area contributed by atoms with E-state index in [1.807, 2.05) is 12.3 Å². The number of carbonyl (C=O) groups is 1. The Morgan fingerprint density at radius 3 is 2.89 bits per heavy atom. The first-order valence-corrected chi connectivity index (χ1v) is 6.80. The SMILES string of the molecule is CC[C@@H](NC(=O)c1cc(=O)cc(C)o1)c1nccs1. The van der Waals surface area contributed by atoms with Gasteiger partial charge in [0.05, 0.1) is 6.04 Å². The maximum absolute atomic E-state index is 12.0. The van der Waals surface area contributed by atoms with Crippen molar-refractivity contribution in [3.63, 3.8) is 0 Å². The van der Waals surface area contributed by atoms with Gasteiger partial charge in [-0.15, -0.1) is 11.3 Å². The van der Waals surface area contributed by atoms with Gasteiger partial charge in [0, 0.05) is 23.7 Å². The van der Waals surface area contributed by atoms with Gasteiger partial charge in [-0.1, -0.05) is 6.92 Å². The molecule has 1 amide bonds. The molecule has 2 aromatic rings. The van der Waals surface area contributed by atoms with Crippen molar-refractivity contribution in [2.24, 2.45) is 0 Å². The Bertz CT molecular complexity index is 619. The molecule has 0 unspecified atom stereocenters. The van der Waals surface area contributed by atoms with Crippen molar-refractivity contribution in [3.05, 3.63) is 50.5 Å². The van der Waals surface area contributed by atoms with E-state index < -0.39 is 5.91 Å². The molecule has 0 spiro atoms. The lowest BCUT2D eigenvalue weighted by molar-refractivity contribution is 0.0903. The number of amides is 1. The van der Waals surface area contributed by atoms with Gasteiger partial charge in [-0.3, -0.25) is 9.59 Å². The van der Waals surface area contributed by atoms with E-state index in [1.54, 1.807) is 13.1 Å². The highest BCUT2D eigenvalue weighted by atomic mass is 32.1. The molecule has 0 aromatic carbocycles. The van der Waals surface area contributed by atoms with Crippen LogP contribution in [0, 0.1) is 6.92 Å². The third kappa shape index (κ3) is 3.29. The third-order valence-corrected chi connectivity index (χ3v) is 3.47. The van der Waals surface area contributed by atoms with E-state index in [-0.39, 0.29) is 17.2 Å². The van der Waals surface area contributed by atoms with Gasteiger partial charge in [0.2, 0.25) is 0 Å². The third-order valence-electron chi connectivity index (χ3n) is 2.58. The molecule has 0 saturated carbocycles. The number of hydrogen-bond donors (Lipinski definition) is 1. The zero-order chi connectivity index (χ0) is 13.8. The van der Waals surface area contributed by atoms with E-state index in [9.17, 15) is 9.59 Å². The van der Waals surface area contributed by atoms with Crippen LogP contribution in [0.2, 0.25) is 0 Å². The fraction of sp³-hybridized carbons (Fsp3) is 0.308.